The van der Waals surface area contributed by atoms with Crippen LogP contribution in [0, 0.1) is 0 Å². The average molecular weight is 399 g/mol. The number of hydrogen-bond donors (Lipinski definition) is 0. The van der Waals surface area contributed by atoms with Gasteiger partial charge < -0.3 is 0 Å². The predicted molar refractivity (Wildman–Crippen MR) is 47.7 cm³/mol. The second kappa shape index (κ2) is 8.92. The molecule has 0 saturated heterocycles. The number of halogens is 1. The minimum atomic E-state index is -2.50. The van der Waals surface area contributed by atoms with Gasteiger partial charge in [0.15, 0.2) is 11.2 Å². The molecule has 0 unspecified atom stereocenters. The van der Waals surface area contributed by atoms with E-state index in [1.54, 1.807) is 0 Å². The normalized spacial score (nSPS) is 11.0. The standard InChI is InChI=1S/C6H15ClO3P.Au/c1-4-8-11(7,9-5-2)10-6-3;/h4-6H2,1-3H3;/q+1;. The number of hydrogen-bond acceptors (Lipinski definition) is 3. The van der Waals surface area contributed by atoms with E-state index in [0.29, 0.717) is 19.8 Å². The van der Waals surface area contributed by atoms with Crippen LogP contribution in [0.15, 0.2) is 0 Å². The molecule has 0 aromatic heterocycles. The van der Waals surface area contributed by atoms with E-state index < -0.39 is 7.30 Å². The van der Waals surface area contributed by atoms with Gasteiger partial charge in [0.05, 0.1) is 19.8 Å². The molecular formula is C6H15AuClO3P+. The van der Waals surface area contributed by atoms with Crippen molar-refractivity contribution in [3.05, 3.63) is 0 Å². The largest absolute Gasteiger partial charge is 0.524 e. The quantitative estimate of drug-likeness (QED) is 0.509. The van der Waals surface area contributed by atoms with E-state index in [1.807, 2.05) is 20.8 Å². The molecule has 0 amide bonds. The summed E-state index contributed by atoms with van der Waals surface area (Å²) in [5.41, 5.74) is 0. The van der Waals surface area contributed by atoms with Gasteiger partial charge in [0.2, 0.25) is 0 Å². The molecule has 6 heteroatoms. The summed E-state index contributed by atoms with van der Waals surface area (Å²) in [4.78, 5) is 0. The SMILES string of the molecule is CCO[P+](Cl)(OCC)OCC.[Au]. The third-order valence-electron chi connectivity index (χ3n) is 0.850. The summed E-state index contributed by atoms with van der Waals surface area (Å²) in [5, 5.41) is 0. The van der Waals surface area contributed by atoms with Gasteiger partial charge in [-0.2, -0.15) is 13.6 Å². The third kappa shape index (κ3) is 6.81. The molecule has 3 nitrogen and oxygen atoms in total. The van der Waals surface area contributed by atoms with Crippen LogP contribution in [-0.2, 0) is 36.0 Å². The zero-order chi connectivity index (χ0) is 8.74. The first-order chi connectivity index (χ1) is 5.18. The Labute approximate surface area is 95.0 Å². The van der Waals surface area contributed by atoms with Crippen molar-refractivity contribution in [2.24, 2.45) is 0 Å². The van der Waals surface area contributed by atoms with Crippen molar-refractivity contribution >= 4 is 18.5 Å². The van der Waals surface area contributed by atoms with Crippen LogP contribution in [0.5, 0.6) is 0 Å². The van der Waals surface area contributed by atoms with Gasteiger partial charge in [-0.25, -0.2) is 0 Å². The summed E-state index contributed by atoms with van der Waals surface area (Å²) in [7, 11) is -2.50. The Morgan fingerprint density at radius 1 is 0.917 bits per heavy atom. The van der Waals surface area contributed by atoms with E-state index in [-0.39, 0.29) is 22.4 Å². The second-order valence-corrected chi connectivity index (χ2v) is 4.56. The first-order valence-electron chi connectivity index (χ1n) is 3.70. The first-order valence-corrected chi connectivity index (χ1v) is 6.15. The van der Waals surface area contributed by atoms with E-state index in [0.717, 1.165) is 0 Å². The molecule has 0 atom stereocenters. The van der Waals surface area contributed by atoms with Gasteiger partial charge in [-0.15, -0.1) is 0 Å². The fourth-order valence-electron chi connectivity index (χ4n) is 0.574. The van der Waals surface area contributed by atoms with Crippen LogP contribution in [0.2, 0.25) is 0 Å². The molecular weight excluding hydrogens is 383 g/mol. The van der Waals surface area contributed by atoms with Gasteiger partial charge in [-0.05, 0) is 20.8 Å². The molecule has 0 rings (SSSR count). The Morgan fingerprint density at radius 3 is 1.33 bits per heavy atom. The zero-order valence-corrected chi connectivity index (χ0v) is 11.3. The Balaban J connectivity index is 0. The van der Waals surface area contributed by atoms with Crippen molar-refractivity contribution in [2.45, 2.75) is 20.8 Å². The van der Waals surface area contributed by atoms with Crippen LogP contribution in [0.1, 0.15) is 20.8 Å². The fourth-order valence-corrected chi connectivity index (χ4v) is 2.60. The summed E-state index contributed by atoms with van der Waals surface area (Å²) in [6.07, 6.45) is 0. The van der Waals surface area contributed by atoms with Crippen molar-refractivity contribution in [1.82, 2.24) is 0 Å². The summed E-state index contributed by atoms with van der Waals surface area (Å²) >= 11 is 5.88. The smallest absolute Gasteiger partial charge is 0.164 e. The molecule has 0 fully saturated rings. The summed E-state index contributed by atoms with van der Waals surface area (Å²) in [5.74, 6) is 0. The molecule has 0 saturated carbocycles. The minimum absolute atomic E-state index is 0. The molecule has 79 valence electrons. The van der Waals surface area contributed by atoms with Crippen molar-refractivity contribution < 1.29 is 36.0 Å². The van der Waals surface area contributed by atoms with Crippen LogP contribution >= 0.6 is 18.5 Å². The Hall–Kier alpha value is 1.34. The van der Waals surface area contributed by atoms with E-state index in [2.05, 4.69) is 0 Å². The first kappa shape index (κ1) is 15.8. The Kier molecular flexibility index (Phi) is 11.7. The number of rotatable bonds is 6. The van der Waals surface area contributed by atoms with Crippen molar-refractivity contribution in [2.75, 3.05) is 19.8 Å². The van der Waals surface area contributed by atoms with E-state index in [4.69, 9.17) is 24.8 Å². The van der Waals surface area contributed by atoms with Crippen LogP contribution in [0.25, 0.3) is 0 Å². The molecule has 12 heavy (non-hydrogen) atoms. The fraction of sp³-hybridized carbons (Fsp3) is 1.00. The molecule has 0 aliphatic rings. The van der Waals surface area contributed by atoms with Crippen molar-refractivity contribution in [1.29, 1.82) is 0 Å². The topological polar surface area (TPSA) is 27.7 Å². The summed E-state index contributed by atoms with van der Waals surface area (Å²) in [6.45, 7) is 7.10. The zero-order valence-electron chi connectivity index (χ0n) is 7.47. The summed E-state index contributed by atoms with van der Waals surface area (Å²) in [6, 6.07) is 0. The molecule has 0 aromatic carbocycles. The Morgan fingerprint density at radius 2 is 1.17 bits per heavy atom. The molecule has 1 radical (unpaired) electrons. The van der Waals surface area contributed by atoms with Crippen LogP contribution in [0.3, 0.4) is 0 Å². The second-order valence-electron chi connectivity index (χ2n) is 1.68. The molecule has 0 N–H and O–H groups in total. The monoisotopic (exact) mass is 398 g/mol. The van der Waals surface area contributed by atoms with Gasteiger partial charge in [0.1, 0.15) is 0 Å². The predicted octanol–water partition coefficient (Wildman–Crippen LogP) is 3.01. The van der Waals surface area contributed by atoms with Gasteiger partial charge in [-0.1, -0.05) is 0 Å². The molecule has 0 spiro atoms. The van der Waals surface area contributed by atoms with Gasteiger partial charge in [0.25, 0.3) is 0 Å². The molecule has 0 heterocycles. The van der Waals surface area contributed by atoms with Gasteiger partial charge >= 0.3 is 7.30 Å². The Bertz CT molecular complexity index is 89.8. The van der Waals surface area contributed by atoms with E-state index >= 15 is 0 Å². The summed E-state index contributed by atoms with van der Waals surface area (Å²) < 4.78 is 15.4. The third-order valence-corrected chi connectivity index (χ3v) is 3.43. The maximum absolute atomic E-state index is 5.88. The maximum Gasteiger partial charge on any atom is 0.524 e. The van der Waals surface area contributed by atoms with Crippen LogP contribution < -0.4 is 0 Å². The molecule has 0 aliphatic carbocycles. The van der Waals surface area contributed by atoms with Gasteiger partial charge in [-0.3, -0.25) is 0 Å². The van der Waals surface area contributed by atoms with E-state index in [9.17, 15) is 0 Å². The van der Waals surface area contributed by atoms with E-state index in [1.165, 1.54) is 0 Å². The van der Waals surface area contributed by atoms with Gasteiger partial charge in [0, 0.05) is 22.4 Å². The van der Waals surface area contributed by atoms with Crippen molar-refractivity contribution in [3.8, 4) is 0 Å². The van der Waals surface area contributed by atoms with Crippen molar-refractivity contribution in [3.63, 3.8) is 0 Å². The minimum Gasteiger partial charge on any atom is -0.164 e. The van der Waals surface area contributed by atoms with Crippen LogP contribution in [0.4, 0.5) is 0 Å². The maximum atomic E-state index is 5.88. The molecule has 0 bridgehead atoms. The van der Waals surface area contributed by atoms with Crippen LogP contribution in [-0.4, -0.2) is 19.8 Å². The molecule has 0 aliphatic heterocycles. The molecule has 0 aromatic rings. The average Bonchev–Trinajstić information content (AvgIpc) is 1.88.